The van der Waals surface area contributed by atoms with Gasteiger partial charge in [0.2, 0.25) is 0 Å². The molecule has 0 N–H and O–H groups in total. The number of ketones is 1. The van der Waals surface area contributed by atoms with Crippen molar-refractivity contribution in [3.05, 3.63) is 102 Å². The minimum Gasteiger partial charge on any atom is -0.469 e. The van der Waals surface area contributed by atoms with Crippen LogP contribution in [-0.4, -0.2) is 24.8 Å². The number of methoxy groups -OCH3 is 1. The molecule has 0 radical (unpaired) electrons. The number of carbonyl (C=O) groups excluding carboxylic acids is 3. The maximum absolute atomic E-state index is 13.4. The monoisotopic (exact) mass is 428 g/mol. The Morgan fingerprint density at radius 3 is 1.56 bits per heavy atom. The second-order valence-corrected chi connectivity index (χ2v) is 7.95. The van der Waals surface area contributed by atoms with E-state index in [9.17, 15) is 14.4 Å². The number of benzene rings is 3. The average Bonchev–Trinajstić information content (AvgIpc) is 2.80. The van der Waals surface area contributed by atoms with Gasteiger partial charge in [-0.1, -0.05) is 60.7 Å². The fourth-order valence-electron chi connectivity index (χ4n) is 4.59. The summed E-state index contributed by atoms with van der Waals surface area (Å²) >= 11 is 0. The number of ether oxygens (including phenoxy) is 2. The van der Waals surface area contributed by atoms with Gasteiger partial charge >= 0.3 is 11.9 Å². The Kier molecular flexibility index (Phi) is 6.17. The molecule has 32 heavy (non-hydrogen) atoms. The van der Waals surface area contributed by atoms with Gasteiger partial charge in [-0.15, -0.1) is 0 Å². The molecule has 0 spiro atoms. The van der Waals surface area contributed by atoms with Crippen LogP contribution in [-0.2, 0) is 14.3 Å². The van der Waals surface area contributed by atoms with Crippen LogP contribution in [0.3, 0.4) is 0 Å². The van der Waals surface area contributed by atoms with E-state index in [1.807, 2.05) is 60.7 Å². The highest BCUT2D eigenvalue weighted by Gasteiger charge is 2.59. The Labute approximate surface area is 187 Å². The van der Waals surface area contributed by atoms with E-state index in [0.29, 0.717) is 11.3 Å². The molecule has 0 amide bonds. The molecule has 3 aromatic rings. The standard InChI is InChI=1S/C27H24O5/c1-17(28)18-13-15-21(16-14-18)32-27(30)25-22(19-9-5-3-6-10-19)24(26(29)31-2)23(25)20-11-7-4-8-12-20/h3-16,22-25H,1-2H3/t22-,23-,24?,25?/m1/s1. The van der Waals surface area contributed by atoms with Gasteiger partial charge in [-0.25, -0.2) is 0 Å². The minimum absolute atomic E-state index is 0.0592. The number of hydrogen-bond acceptors (Lipinski definition) is 5. The van der Waals surface area contributed by atoms with Crippen LogP contribution in [0.1, 0.15) is 40.2 Å². The lowest BCUT2D eigenvalue weighted by atomic mass is 9.52. The second kappa shape index (κ2) is 9.18. The van der Waals surface area contributed by atoms with Crippen LogP contribution in [0.5, 0.6) is 5.75 Å². The molecule has 1 fully saturated rings. The van der Waals surface area contributed by atoms with E-state index in [2.05, 4.69) is 0 Å². The van der Waals surface area contributed by atoms with Gasteiger partial charge in [0.15, 0.2) is 5.78 Å². The van der Waals surface area contributed by atoms with Crippen molar-refractivity contribution in [2.45, 2.75) is 18.8 Å². The Morgan fingerprint density at radius 1 is 0.656 bits per heavy atom. The molecule has 0 unspecified atom stereocenters. The van der Waals surface area contributed by atoms with Crippen molar-refractivity contribution in [3.63, 3.8) is 0 Å². The van der Waals surface area contributed by atoms with Gasteiger partial charge in [0.1, 0.15) is 5.75 Å². The van der Waals surface area contributed by atoms with Crippen LogP contribution < -0.4 is 4.74 Å². The highest BCUT2D eigenvalue weighted by atomic mass is 16.5. The second-order valence-electron chi connectivity index (χ2n) is 7.95. The maximum atomic E-state index is 13.4. The van der Waals surface area contributed by atoms with E-state index in [0.717, 1.165) is 11.1 Å². The minimum atomic E-state index is -0.559. The van der Waals surface area contributed by atoms with Crippen molar-refractivity contribution < 1.29 is 23.9 Å². The summed E-state index contributed by atoms with van der Waals surface area (Å²) in [6.07, 6.45) is 0. The normalized spacial score (nSPS) is 21.8. The zero-order chi connectivity index (χ0) is 22.7. The number of hydrogen-bond donors (Lipinski definition) is 0. The van der Waals surface area contributed by atoms with Crippen molar-refractivity contribution in [3.8, 4) is 5.75 Å². The molecule has 0 saturated heterocycles. The van der Waals surface area contributed by atoms with E-state index < -0.39 is 17.8 Å². The van der Waals surface area contributed by atoms with Crippen molar-refractivity contribution in [2.75, 3.05) is 7.11 Å². The van der Waals surface area contributed by atoms with Gasteiger partial charge in [-0.2, -0.15) is 0 Å². The Bertz CT molecular complexity index is 1060. The lowest BCUT2D eigenvalue weighted by Gasteiger charge is -2.49. The molecule has 5 nitrogen and oxygen atoms in total. The number of rotatable bonds is 6. The third kappa shape index (κ3) is 4.06. The Hall–Kier alpha value is -3.73. The van der Waals surface area contributed by atoms with Gasteiger partial charge in [0.05, 0.1) is 18.9 Å². The first-order valence-corrected chi connectivity index (χ1v) is 10.5. The molecule has 0 aromatic heterocycles. The van der Waals surface area contributed by atoms with E-state index in [4.69, 9.17) is 9.47 Å². The lowest BCUT2D eigenvalue weighted by molar-refractivity contribution is -0.160. The summed E-state index contributed by atoms with van der Waals surface area (Å²) in [5, 5.41) is 0. The number of Topliss-reactive ketones (excluding diaryl/α,β-unsaturated/α-hetero) is 1. The molecule has 3 aromatic carbocycles. The fourth-order valence-corrected chi connectivity index (χ4v) is 4.59. The van der Waals surface area contributed by atoms with Crippen LogP contribution in [0.25, 0.3) is 0 Å². The lowest BCUT2D eigenvalue weighted by Crippen LogP contribution is -2.52. The van der Waals surface area contributed by atoms with Crippen molar-refractivity contribution in [1.29, 1.82) is 0 Å². The van der Waals surface area contributed by atoms with Gasteiger partial charge in [0.25, 0.3) is 0 Å². The summed E-state index contributed by atoms with van der Waals surface area (Å²) in [4.78, 5) is 37.7. The number of carbonyl (C=O) groups is 3. The molecular formula is C27H24O5. The topological polar surface area (TPSA) is 69.7 Å². The third-order valence-corrected chi connectivity index (χ3v) is 6.14. The molecule has 1 aliphatic carbocycles. The SMILES string of the molecule is COC(=O)C1[C@@H](c2ccccc2)C(C(=O)Oc2ccc(C(C)=O)cc2)[C@@H]1c1ccccc1. The molecule has 1 aliphatic rings. The molecule has 2 atom stereocenters. The van der Waals surface area contributed by atoms with Gasteiger partial charge in [0, 0.05) is 17.4 Å². The summed E-state index contributed by atoms with van der Waals surface area (Å²) in [6, 6.07) is 25.5. The zero-order valence-electron chi connectivity index (χ0n) is 17.9. The summed E-state index contributed by atoms with van der Waals surface area (Å²) in [5.74, 6) is -2.24. The predicted molar refractivity (Wildman–Crippen MR) is 119 cm³/mol. The number of esters is 2. The molecule has 0 heterocycles. The predicted octanol–water partition coefficient (Wildman–Crippen LogP) is 4.78. The van der Waals surface area contributed by atoms with Crippen molar-refractivity contribution >= 4 is 17.7 Å². The van der Waals surface area contributed by atoms with Gasteiger partial charge < -0.3 is 9.47 Å². The third-order valence-electron chi connectivity index (χ3n) is 6.14. The van der Waals surface area contributed by atoms with Gasteiger partial charge in [-0.3, -0.25) is 14.4 Å². The van der Waals surface area contributed by atoms with Crippen LogP contribution >= 0.6 is 0 Å². The summed E-state index contributed by atoms with van der Waals surface area (Å²) in [7, 11) is 1.37. The van der Waals surface area contributed by atoms with E-state index in [-0.39, 0.29) is 23.6 Å². The highest BCUT2D eigenvalue weighted by molar-refractivity contribution is 5.94. The van der Waals surface area contributed by atoms with Gasteiger partial charge in [-0.05, 0) is 42.3 Å². The van der Waals surface area contributed by atoms with Crippen molar-refractivity contribution in [1.82, 2.24) is 0 Å². The molecule has 162 valence electrons. The molecule has 4 rings (SSSR count). The fraction of sp³-hybridized carbons (Fsp3) is 0.222. The first-order chi connectivity index (χ1) is 15.5. The highest BCUT2D eigenvalue weighted by Crippen LogP contribution is 2.58. The molecule has 0 bridgehead atoms. The summed E-state index contributed by atoms with van der Waals surface area (Å²) in [5.41, 5.74) is 2.33. The van der Waals surface area contributed by atoms with Crippen molar-refractivity contribution in [2.24, 2.45) is 11.8 Å². The quantitative estimate of drug-likeness (QED) is 0.321. The Morgan fingerprint density at radius 2 is 1.12 bits per heavy atom. The summed E-state index contributed by atoms with van der Waals surface area (Å²) in [6.45, 7) is 1.48. The van der Waals surface area contributed by atoms with E-state index in [1.54, 1.807) is 24.3 Å². The molecular weight excluding hydrogens is 404 g/mol. The zero-order valence-corrected chi connectivity index (χ0v) is 17.9. The van der Waals surface area contributed by atoms with E-state index in [1.165, 1.54) is 14.0 Å². The average molecular weight is 428 g/mol. The van der Waals surface area contributed by atoms with Crippen LogP contribution in [0.4, 0.5) is 0 Å². The van der Waals surface area contributed by atoms with Crippen LogP contribution in [0.15, 0.2) is 84.9 Å². The van der Waals surface area contributed by atoms with Crippen LogP contribution in [0, 0.1) is 11.8 Å². The maximum Gasteiger partial charge on any atom is 0.315 e. The first-order valence-electron chi connectivity index (χ1n) is 10.5. The van der Waals surface area contributed by atoms with Crippen LogP contribution in [0.2, 0.25) is 0 Å². The molecule has 1 saturated carbocycles. The summed E-state index contributed by atoms with van der Waals surface area (Å²) < 4.78 is 10.8. The molecule has 5 heteroatoms. The largest absolute Gasteiger partial charge is 0.469 e. The molecule has 0 aliphatic heterocycles. The Balaban J connectivity index is 1.70. The van der Waals surface area contributed by atoms with E-state index >= 15 is 0 Å². The smallest absolute Gasteiger partial charge is 0.315 e. The first kappa shape index (κ1) is 21.5.